The fourth-order valence-electron chi connectivity index (χ4n) is 2.96. The van der Waals surface area contributed by atoms with Crippen molar-refractivity contribution in [3.05, 3.63) is 64.7 Å². The second-order valence-electron chi connectivity index (χ2n) is 6.14. The van der Waals surface area contributed by atoms with Crippen molar-refractivity contribution in [1.29, 1.82) is 0 Å². The number of carbonyl (C=O) groups excluding carboxylic acids is 2. The zero-order valence-electron chi connectivity index (χ0n) is 13.7. The second kappa shape index (κ2) is 6.65. The first-order chi connectivity index (χ1) is 11.5. The molecule has 0 N–H and O–H groups in total. The smallest absolute Gasteiger partial charge is 0.254 e. The number of halogens is 1. The van der Waals surface area contributed by atoms with Gasteiger partial charge < -0.3 is 9.80 Å². The molecule has 1 unspecified atom stereocenters. The van der Waals surface area contributed by atoms with Crippen LogP contribution in [0.25, 0.3) is 0 Å². The van der Waals surface area contributed by atoms with Gasteiger partial charge in [0.1, 0.15) is 6.54 Å². The fraction of sp³-hybridized carbons (Fsp3) is 0.263. The van der Waals surface area contributed by atoms with E-state index >= 15 is 0 Å². The number of rotatable bonds is 2. The summed E-state index contributed by atoms with van der Waals surface area (Å²) in [6, 6.07) is 14.6. The molecule has 0 aromatic heterocycles. The number of aryl methyl sites for hydroxylation is 1. The first kappa shape index (κ1) is 16.5. The molecule has 0 bridgehead atoms. The largest absolute Gasteiger partial charge is 0.325 e. The van der Waals surface area contributed by atoms with Crippen LogP contribution in [0.4, 0.5) is 5.69 Å². The Bertz CT molecular complexity index is 790. The molecule has 2 aromatic carbocycles. The van der Waals surface area contributed by atoms with Crippen LogP contribution >= 0.6 is 11.6 Å². The molecule has 2 amide bonds. The molecule has 2 aromatic rings. The monoisotopic (exact) mass is 342 g/mol. The first-order valence-electron chi connectivity index (χ1n) is 7.89. The van der Waals surface area contributed by atoms with E-state index in [-0.39, 0.29) is 24.4 Å². The van der Waals surface area contributed by atoms with Gasteiger partial charge in [-0.05, 0) is 49.7 Å². The third kappa shape index (κ3) is 3.29. The molecule has 0 radical (unpaired) electrons. The van der Waals surface area contributed by atoms with Crippen molar-refractivity contribution in [2.45, 2.75) is 19.9 Å². The maximum absolute atomic E-state index is 12.7. The molecule has 0 spiro atoms. The van der Waals surface area contributed by atoms with Crippen LogP contribution < -0.4 is 4.90 Å². The number of amides is 2. The van der Waals surface area contributed by atoms with Crippen molar-refractivity contribution in [2.24, 2.45) is 0 Å². The van der Waals surface area contributed by atoms with Gasteiger partial charge in [0.05, 0.1) is 0 Å². The summed E-state index contributed by atoms with van der Waals surface area (Å²) < 4.78 is 0. The van der Waals surface area contributed by atoms with Crippen molar-refractivity contribution < 1.29 is 9.59 Å². The molecule has 1 saturated heterocycles. The predicted molar refractivity (Wildman–Crippen MR) is 95.5 cm³/mol. The summed E-state index contributed by atoms with van der Waals surface area (Å²) in [6.07, 6.45) is 0. The van der Waals surface area contributed by atoms with E-state index in [1.165, 1.54) is 0 Å². The molecule has 4 nitrogen and oxygen atoms in total. The number of anilines is 1. The minimum atomic E-state index is -0.165. The lowest BCUT2D eigenvalue weighted by Gasteiger charge is -2.39. The molecular formula is C19H19ClN2O2. The van der Waals surface area contributed by atoms with E-state index in [9.17, 15) is 9.59 Å². The first-order valence-corrected chi connectivity index (χ1v) is 8.27. The van der Waals surface area contributed by atoms with Gasteiger partial charge in [0, 0.05) is 28.9 Å². The highest BCUT2D eigenvalue weighted by atomic mass is 35.5. The molecule has 1 atom stereocenters. The van der Waals surface area contributed by atoms with Crippen LogP contribution in [0.2, 0.25) is 5.02 Å². The lowest BCUT2D eigenvalue weighted by molar-refractivity contribution is -0.121. The van der Waals surface area contributed by atoms with Crippen molar-refractivity contribution in [2.75, 3.05) is 18.0 Å². The highest BCUT2D eigenvalue weighted by molar-refractivity contribution is 6.31. The summed E-state index contributed by atoms with van der Waals surface area (Å²) >= 11 is 5.97. The summed E-state index contributed by atoms with van der Waals surface area (Å²) in [5.41, 5.74) is 2.48. The van der Waals surface area contributed by atoms with Crippen molar-refractivity contribution >= 4 is 29.1 Å². The Morgan fingerprint density at radius 2 is 1.92 bits per heavy atom. The Labute approximate surface area is 146 Å². The van der Waals surface area contributed by atoms with Crippen LogP contribution in [0.3, 0.4) is 0 Å². The quantitative estimate of drug-likeness (QED) is 0.837. The molecule has 0 saturated carbocycles. The summed E-state index contributed by atoms with van der Waals surface area (Å²) in [5, 5.41) is 0.512. The van der Waals surface area contributed by atoms with Gasteiger partial charge in [0.25, 0.3) is 5.91 Å². The van der Waals surface area contributed by atoms with Crippen LogP contribution in [0.5, 0.6) is 0 Å². The Balaban J connectivity index is 1.80. The van der Waals surface area contributed by atoms with Crippen molar-refractivity contribution in [3.63, 3.8) is 0 Å². The average molecular weight is 343 g/mol. The van der Waals surface area contributed by atoms with E-state index in [0.717, 1.165) is 11.3 Å². The van der Waals surface area contributed by atoms with E-state index in [1.54, 1.807) is 34.1 Å². The summed E-state index contributed by atoms with van der Waals surface area (Å²) in [6.45, 7) is 4.50. The number of nitrogens with zero attached hydrogens (tertiary/aromatic N) is 2. The number of piperazine rings is 1. The second-order valence-corrected chi connectivity index (χ2v) is 6.57. The molecule has 124 valence electrons. The van der Waals surface area contributed by atoms with Gasteiger partial charge in [0.2, 0.25) is 5.91 Å². The van der Waals surface area contributed by atoms with E-state index in [0.29, 0.717) is 17.1 Å². The Hall–Kier alpha value is -2.33. The van der Waals surface area contributed by atoms with E-state index in [4.69, 9.17) is 11.6 Å². The van der Waals surface area contributed by atoms with Crippen LogP contribution in [0.1, 0.15) is 22.8 Å². The molecule has 24 heavy (non-hydrogen) atoms. The third-order valence-electron chi connectivity index (χ3n) is 4.23. The van der Waals surface area contributed by atoms with Crippen molar-refractivity contribution in [3.8, 4) is 0 Å². The Kier molecular flexibility index (Phi) is 4.58. The highest BCUT2D eigenvalue weighted by Gasteiger charge is 2.33. The Morgan fingerprint density at radius 1 is 1.17 bits per heavy atom. The zero-order valence-corrected chi connectivity index (χ0v) is 14.5. The van der Waals surface area contributed by atoms with Crippen molar-refractivity contribution in [1.82, 2.24) is 4.90 Å². The van der Waals surface area contributed by atoms with Crippen LogP contribution in [0, 0.1) is 6.92 Å². The lowest BCUT2D eigenvalue weighted by Crippen LogP contribution is -2.57. The number of carbonyl (C=O) groups is 2. The van der Waals surface area contributed by atoms with Gasteiger partial charge in [-0.15, -0.1) is 0 Å². The van der Waals surface area contributed by atoms with Gasteiger partial charge in [-0.25, -0.2) is 0 Å². The van der Waals surface area contributed by atoms with Crippen LogP contribution in [0.15, 0.2) is 48.5 Å². The SMILES string of the molecule is Cc1cccc(N2CC(C)N(C(=O)c3cccc(Cl)c3)CC2=O)c1. The Morgan fingerprint density at radius 3 is 2.62 bits per heavy atom. The zero-order chi connectivity index (χ0) is 17.3. The standard InChI is InChI=1S/C19H19ClN2O2/c1-13-5-3-8-17(9-13)22-11-14(2)21(12-18(22)23)19(24)15-6-4-7-16(20)10-15/h3-10,14H,11-12H2,1-2H3. The molecule has 3 rings (SSSR count). The molecule has 1 aliphatic rings. The highest BCUT2D eigenvalue weighted by Crippen LogP contribution is 2.23. The van der Waals surface area contributed by atoms with Gasteiger partial charge >= 0.3 is 0 Å². The molecule has 1 aliphatic heterocycles. The topological polar surface area (TPSA) is 40.6 Å². The van der Waals surface area contributed by atoms with Crippen LogP contribution in [-0.4, -0.2) is 35.8 Å². The molecule has 0 aliphatic carbocycles. The van der Waals surface area contributed by atoms with Gasteiger partial charge in [-0.2, -0.15) is 0 Å². The number of hydrogen-bond acceptors (Lipinski definition) is 2. The average Bonchev–Trinajstić information content (AvgIpc) is 2.56. The van der Waals surface area contributed by atoms with Gasteiger partial charge in [0.15, 0.2) is 0 Å². The molecule has 1 heterocycles. The third-order valence-corrected chi connectivity index (χ3v) is 4.47. The lowest BCUT2D eigenvalue weighted by atomic mass is 10.1. The van der Waals surface area contributed by atoms with Crippen LogP contribution in [-0.2, 0) is 4.79 Å². The minimum absolute atomic E-state index is 0.0699. The summed E-state index contributed by atoms with van der Waals surface area (Å²) in [4.78, 5) is 28.6. The predicted octanol–water partition coefficient (Wildman–Crippen LogP) is 3.53. The molecule has 1 fully saturated rings. The van der Waals surface area contributed by atoms with E-state index in [1.807, 2.05) is 38.1 Å². The van der Waals surface area contributed by atoms with E-state index < -0.39 is 0 Å². The van der Waals surface area contributed by atoms with E-state index in [2.05, 4.69) is 0 Å². The summed E-state index contributed by atoms with van der Waals surface area (Å²) in [5.74, 6) is -0.240. The van der Waals surface area contributed by atoms with Gasteiger partial charge in [-0.3, -0.25) is 9.59 Å². The minimum Gasteiger partial charge on any atom is -0.325 e. The molecular weight excluding hydrogens is 324 g/mol. The summed E-state index contributed by atoms with van der Waals surface area (Å²) in [7, 11) is 0. The fourth-order valence-corrected chi connectivity index (χ4v) is 3.15. The van der Waals surface area contributed by atoms with Gasteiger partial charge in [-0.1, -0.05) is 29.8 Å². The number of benzene rings is 2. The maximum atomic E-state index is 12.7. The maximum Gasteiger partial charge on any atom is 0.254 e. The molecule has 5 heteroatoms. The number of hydrogen-bond donors (Lipinski definition) is 0. The normalized spacial score (nSPS) is 18.0.